The van der Waals surface area contributed by atoms with Gasteiger partial charge in [0.25, 0.3) is 11.6 Å². The summed E-state index contributed by atoms with van der Waals surface area (Å²) < 4.78 is 4.03. The first-order chi connectivity index (χ1) is 8.34. The third kappa shape index (κ3) is 1.90. The Labute approximate surface area is 100 Å². The van der Waals surface area contributed by atoms with Gasteiger partial charge in [0.05, 0.1) is 6.20 Å². The van der Waals surface area contributed by atoms with Crippen LogP contribution in [0, 0.1) is 0 Å². The lowest BCUT2D eigenvalue weighted by atomic mass is 10.4. The molecule has 1 amide bonds. The minimum absolute atomic E-state index is 0.226. The lowest BCUT2D eigenvalue weighted by Crippen LogP contribution is -2.43. The molecule has 4 heteroatoms. The Bertz CT molecular complexity index is 540. The van der Waals surface area contributed by atoms with Crippen molar-refractivity contribution in [1.82, 2.24) is 9.30 Å². The number of carbonyl (C=O) groups excluding carboxylic acids is 1. The van der Waals surface area contributed by atoms with Crippen LogP contribution in [-0.4, -0.2) is 28.3 Å². The Morgan fingerprint density at radius 2 is 2.06 bits per heavy atom. The van der Waals surface area contributed by atoms with E-state index in [4.69, 9.17) is 0 Å². The molecule has 2 aromatic rings. The van der Waals surface area contributed by atoms with E-state index in [1.807, 2.05) is 50.7 Å². The summed E-state index contributed by atoms with van der Waals surface area (Å²) in [6.07, 6.45) is 8.22. The molecule has 0 N–H and O–H groups in total. The standard InChI is InChI=1S/C13H16N3O/c17-13(15-7-3-4-8-15)11-16-10-9-14-6-2-1-5-12(14)16/h1-2,5-6,9-10H,3-4,7-8,11H2/q+1. The van der Waals surface area contributed by atoms with Crippen molar-refractivity contribution in [2.75, 3.05) is 13.1 Å². The summed E-state index contributed by atoms with van der Waals surface area (Å²) >= 11 is 0. The smallest absolute Gasteiger partial charge is 0.286 e. The van der Waals surface area contributed by atoms with Crippen molar-refractivity contribution >= 4 is 11.6 Å². The Morgan fingerprint density at radius 3 is 2.88 bits per heavy atom. The zero-order valence-electron chi connectivity index (χ0n) is 9.75. The fraction of sp³-hybridized carbons (Fsp3) is 0.385. The third-order valence-corrected chi connectivity index (χ3v) is 3.33. The predicted octanol–water partition coefficient (Wildman–Crippen LogP) is 0.849. The average molecular weight is 230 g/mol. The molecule has 0 bridgehead atoms. The molecule has 0 spiro atoms. The number of aromatic nitrogens is 2. The zero-order chi connectivity index (χ0) is 11.7. The van der Waals surface area contributed by atoms with E-state index in [2.05, 4.69) is 0 Å². The molecule has 0 aliphatic carbocycles. The van der Waals surface area contributed by atoms with Crippen LogP contribution in [0.1, 0.15) is 12.8 Å². The van der Waals surface area contributed by atoms with E-state index in [1.165, 1.54) is 0 Å². The van der Waals surface area contributed by atoms with Crippen LogP contribution in [0.4, 0.5) is 0 Å². The van der Waals surface area contributed by atoms with E-state index in [9.17, 15) is 4.79 Å². The van der Waals surface area contributed by atoms with Crippen molar-refractivity contribution in [3.8, 4) is 0 Å². The second-order valence-electron chi connectivity index (χ2n) is 4.48. The maximum atomic E-state index is 12.1. The fourth-order valence-electron chi connectivity index (χ4n) is 2.39. The first kappa shape index (κ1) is 10.3. The van der Waals surface area contributed by atoms with Gasteiger partial charge in [-0.25, -0.2) is 8.97 Å². The largest absolute Gasteiger partial charge is 0.339 e. The van der Waals surface area contributed by atoms with Crippen LogP contribution in [0.15, 0.2) is 36.8 Å². The molecule has 0 radical (unpaired) electrons. The molecule has 1 aliphatic heterocycles. The van der Waals surface area contributed by atoms with Gasteiger partial charge in [0.2, 0.25) is 0 Å². The first-order valence-electron chi connectivity index (χ1n) is 6.07. The van der Waals surface area contributed by atoms with Gasteiger partial charge in [-0.1, -0.05) is 6.07 Å². The number of rotatable bonds is 2. The number of amides is 1. The molecular weight excluding hydrogens is 214 g/mol. The fourth-order valence-corrected chi connectivity index (χ4v) is 2.39. The zero-order valence-corrected chi connectivity index (χ0v) is 9.75. The summed E-state index contributed by atoms with van der Waals surface area (Å²) in [5.74, 6) is 0.226. The lowest BCUT2D eigenvalue weighted by Gasteiger charge is -2.13. The van der Waals surface area contributed by atoms with Gasteiger partial charge in [0.15, 0.2) is 6.54 Å². The minimum Gasteiger partial charge on any atom is -0.339 e. The Balaban J connectivity index is 1.82. The van der Waals surface area contributed by atoms with Crippen molar-refractivity contribution < 1.29 is 9.36 Å². The van der Waals surface area contributed by atoms with Crippen molar-refractivity contribution in [1.29, 1.82) is 0 Å². The quantitative estimate of drug-likeness (QED) is 0.703. The summed E-state index contributed by atoms with van der Waals surface area (Å²) in [5, 5.41) is 0. The van der Waals surface area contributed by atoms with Gasteiger partial charge in [0.1, 0.15) is 12.4 Å². The van der Waals surface area contributed by atoms with Crippen LogP contribution < -0.4 is 4.57 Å². The summed E-state index contributed by atoms with van der Waals surface area (Å²) in [4.78, 5) is 14.0. The molecular formula is C13H16N3O+. The van der Waals surface area contributed by atoms with E-state index in [0.717, 1.165) is 31.6 Å². The molecule has 4 nitrogen and oxygen atoms in total. The monoisotopic (exact) mass is 230 g/mol. The van der Waals surface area contributed by atoms with Crippen LogP contribution in [0.2, 0.25) is 0 Å². The number of hydrogen-bond donors (Lipinski definition) is 0. The highest BCUT2D eigenvalue weighted by molar-refractivity contribution is 5.75. The van der Waals surface area contributed by atoms with Crippen molar-refractivity contribution in [2.24, 2.45) is 0 Å². The van der Waals surface area contributed by atoms with Gasteiger partial charge in [-0.3, -0.25) is 4.79 Å². The third-order valence-electron chi connectivity index (χ3n) is 3.33. The number of carbonyl (C=O) groups is 1. The molecule has 0 aromatic carbocycles. The average Bonchev–Trinajstić information content (AvgIpc) is 2.98. The Morgan fingerprint density at radius 1 is 1.24 bits per heavy atom. The van der Waals surface area contributed by atoms with Crippen LogP contribution in [0.25, 0.3) is 5.65 Å². The highest BCUT2D eigenvalue weighted by Crippen LogP contribution is 2.07. The summed E-state index contributed by atoms with van der Waals surface area (Å²) in [6, 6.07) is 6.00. The maximum absolute atomic E-state index is 12.1. The molecule has 3 rings (SSSR count). The number of hydrogen-bond acceptors (Lipinski definition) is 1. The Kier molecular flexibility index (Phi) is 2.55. The molecule has 1 fully saturated rings. The first-order valence-corrected chi connectivity index (χ1v) is 6.07. The van der Waals surface area contributed by atoms with E-state index in [1.54, 1.807) is 0 Å². The molecule has 2 aromatic heterocycles. The number of fused-ring (bicyclic) bond motifs is 1. The van der Waals surface area contributed by atoms with E-state index >= 15 is 0 Å². The van der Waals surface area contributed by atoms with Crippen molar-refractivity contribution in [3.05, 3.63) is 36.8 Å². The molecule has 0 saturated carbocycles. The summed E-state index contributed by atoms with van der Waals surface area (Å²) in [5.41, 5.74) is 1.06. The highest BCUT2D eigenvalue weighted by Gasteiger charge is 2.21. The van der Waals surface area contributed by atoms with Crippen molar-refractivity contribution in [3.63, 3.8) is 0 Å². The van der Waals surface area contributed by atoms with Gasteiger partial charge in [-0.15, -0.1) is 0 Å². The molecule has 0 unspecified atom stereocenters. The lowest BCUT2D eigenvalue weighted by molar-refractivity contribution is -0.658. The second-order valence-corrected chi connectivity index (χ2v) is 4.48. The van der Waals surface area contributed by atoms with Gasteiger partial charge < -0.3 is 4.90 Å². The normalized spacial score (nSPS) is 15.6. The summed E-state index contributed by atoms with van der Waals surface area (Å²) in [7, 11) is 0. The molecule has 0 atom stereocenters. The summed E-state index contributed by atoms with van der Waals surface area (Å²) in [6.45, 7) is 2.29. The highest BCUT2D eigenvalue weighted by atomic mass is 16.2. The van der Waals surface area contributed by atoms with Crippen molar-refractivity contribution in [2.45, 2.75) is 19.4 Å². The van der Waals surface area contributed by atoms with Crippen LogP contribution in [-0.2, 0) is 11.3 Å². The van der Waals surface area contributed by atoms with E-state index in [-0.39, 0.29) is 5.91 Å². The predicted molar refractivity (Wildman–Crippen MR) is 63.4 cm³/mol. The molecule has 3 heterocycles. The van der Waals surface area contributed by atoms with Crippen LogP contribution >= 0.6 is 0 Å². The van der Waals surface area contributed by atoms with Gasteiger partial charge in [-0.05, 0) is 18.9 Å². The number of likely N-dealkylation sites (tertiary alicyclic amines) is 1. The molecule has 88 valence electrons. The van der Waals surface area contributed by atoms with Gasteiger partial charge in [0, 0.05) is 19.2 Å². The van der Waals surface area contributed by atoms with Gasteiger partial charge in [-0.2, -0.15) is 0 Å². The number of nitrogens with zero attached hydrogens (tertiary/aromatic N) is 3. The number of pyridine rings is 1. The molecule has 17 heavy (non-hydrogen) atoms. The Hall–Kier alpha value is -1.84. The topological polar surface area (TPSA) is 28.6 Å². The minimum atomic E-state index is 0.226. The van der Waals surface area contributed by atoms with E-state index < -0.39 is 0 Å². The maximum Gasteiger partial charge on any atom is 0.286 e. The molecule has 1 aliphatic rings. The van der Waals surface area contributed by atoms with Crippen LogP contribution in [0.3, 0.4) is 0 Å². The molecule has 1 saturated heterocycles. The van der Waals surface area contributed by atoms with E-state index in [0.29, 0.717) is 6.54 Å². The van der Waals surface area contributed by atoms with Gasteiger partial charge >= 0.3 is 0 Å². The number of imidazole rings is 1. The van der Waals surface area contributed by atoms with Crippen LogP contribution in [0.5, 0.6) is 0 Å². The SMILES string of the molecule is O=C(C[n+]1ccn2ccccc21)N1CCCC1. The second kappa shape index (κ2) is 4.20.